The van der Waals surface area contributed by atoms with Gasteiger partial charge < -0.3 is 14.2 Å². The van der Waals surface area contributed by atoms with Crippen molar-refractivity contribution in [2.75, 3.05) is 18.1 Å². The molecule has 1 atom stereocenters. The number of sulfone groups is 1. The number of rotatable bonds is 7. The maximum absolute atomic E-state index is 13.4. The number of aromatic nitrogens is 1. The number of ether oxygens (including phenoxy) is 1. The lowest BCUT2D eigenvalue weighted by Crippen LogP contribution is -2.40. The Morgan fingerprint density at radius 2 is 1.88 bits per heavy atom. The van der Waals surface area contributed by atoms with Gasteiger partial charge in [0.15, 0.2) is 21.3 Å². The van der Waals surface area contributed by atoms with E-state index in [1.54, 1.807) is 11.0 Å². The van der Waals surface area contributed by atoms with Crippen LogP contribution >= 0.6 is 0 Å². The monoisotopic (exact) mass is 454 g/mol. The van der Waals surface area contributed by atoms with Gasteiger partial charge in [0.25, 0.3) is 5.91 Å². The highest BCUT2D eigenvalue weighted by Gasteiger charge is 2.36. The molecule has 0 N–H and O–H groups in total. The molecule has 32 heavy (non-hydrogen) atoms. The van der Waals surface area contributed by atoms with Gasteiger partial charge in [0.05, 0.1) is 18.1 Å². The first-order chi connectivity index (χ1) is 15.3. The van der Waals surface area contributed by atoms with Crippen molar-refractivity contribution in [3.63, 3.8) is 0 Å². The minimum atomic E-state index is -3.15. The summed E-state index contributed by atoms with van der Waals surface area (Å²) in [6.07, 6.45) is 0.420. The summed E-state index contributed by atoms with van der Waals surface area (Å²) >= 11 is 0. The van der Waals surface area contributed by atoms with E-state index >= 15 is 0 Å². The fourth-order valence-corrected chi connectivity index (χ4v) is 5.55. The number of hydrogen-bond acceptors (Lipinski definition) is 6. The number of benzene rings is 2. The predicted octanol–water partition coefficient (Wildman–Crippen LogP) is 3.88. The quantitative estimate of drug-likeness (QED) is 0.538. The predicted molar refractivity (Wildman–Crippen MR) is 121 cm³/mol. The second-order valence-corrected chi connectivity index (χ2v) is 10.2. The van der Waals surface area contributed by atoms with Crippen LogP contribution in [0.4, 0.5) is 0 Å². The maximum Gasteiger partial charge on any atom is 0.276 e. The van der Waals surface area contributed by atoms with Crippen LogP contribution in [0.3, 0.4) is 0 Å². The smallest absolute Gasteiger partial charge is 0.276 e. The van der Waals surface area contributed by atoms with E-state index in [1.807, 2.05) is 62.4 Å². The minimum Gasteiger partial charge on any atom is -0.494 e. The molecular weight excluding hydrogens is 428 g/mol. The third-order valence-electron chi connectivity index (χ3n) is 5.56. The second-order valence-electron chi connectivity index (χ2n) is 8.01. The van der Waals surface area contributed by atoms with Crippen LogP contribution in [0.5, 0.6) is 5.75 Å². The molecule has 1 saturated heterocycles. The lowest BCUT2D eigenvalue weighted by molar-refractivity contribution is 0.0670. The van der Waals surface area contributed by atoms with Gasteiger partial charge in [-0.2, -0.15) is 0 Å². The topological polar surface area (TPSA) is 89.7 Å². The Labute approximate surface area is 187 Å². The van der Waals surface area contributed by atoms with Crippen LogP contribution in [-0.2, 0) is 16.4 Å². The number of hydrogen-bond donors (Lipinski definition) is 0. The van der Waals surface area contributed by atoms with Crippen molar-refractivity contribution < 1.29 is 22.5 Å². The fraction of sp³-hybridized carbons (Fsp3) is 0.333. The molecule has 0 saturated carbocycles. The van der Waals surface area contributed by atoms with E-state index in [1.165, 1.54) is 0 Å². The Balaban J connectivity index is 1.58. The highest BCUT2D eigenvalue weighted by Crippen LogP contribution is 2.26. The highest BCUT2D eigenvalue weighted by atomic mass is 32.2. The van der Waals surface area contributed by atoms with Crippen molar-refractivity contribution in [2.45, 2.75) is 32.9 Å². The standard InChI is InChI=1S/C24H26N2O5S/c1-3-30-21-10-8-19(9-11-21)23-14-22(25-31-23)24(27)26(20-12-13-32(28,29)16-20)15-18-6-4-17(2)5-7-18/h4-11,14,20H,3,12-13,15-16H2,1-2H3. The van der Waals surface area contributed by atoms with E-state index in [0.717, 1.165) is 22.4 Å². The largest absolute Gasteiger partial charge is 0.494 e. The Hall–Kier alpha value is -3.13. The molecule has 3 aromatic rings. The Morgan fingerprint density at radius 1 is 1.16 bits per heavy atom. The van der Waals surface area contributed by atoms with E-state index in [-0.39, 0.29) is 29.1 Å². The zero-order valence-corrected chi connectivity index (χ0v) is 19.0. The van der Waals surface area contributed by atoms with Gasteiger partial charge in [0.1, 0.15) is 5.75 Å². The lowest BCUT2D eigenvalue weighted by Gasteiger charge is -2.27. The van der Waals surface area contributed by atoms with Crippen molar-refractivity contribution in [2.24, 2.45) is 0 Å². The van der Waals surface area contributed by atoms with E-state index in [0.29, 0.717) is 25.3 Å². The Morgan fingerprint density at radius 3 is 2.50 bits per heavy atom. The van der Waals surface area contributed by atoms with Crippen molar-refractivity contribution in [1.82, 2.24) is 10.1 Å². The van der Waals surface area contributed by atoms with Gasteiger partial charge in [-0.05, 0) is 50.1 Å². The molecule has 7 nitrogen and oxygen atoms in total. The summed E-state index contributed by atoms with van der Waals surface area (Å²) in [6.45, 7) is 4.80. The van der Waals surface area contributed by atoms with Crippen molar-refractivity contribution in [3.8, 4) is 17.1 Å². The molecule has 0 radical (unpaired) electrons. The van der Waals surface area contributed by atoms with Gasteiger partial charge >= 0.3 is 0 Å². The zero-order chi connectivity index (χ0) is 22.7. The molecule has 1 fully saturated rings. The third-order valence-corrected chi connectivity index (χ3v) is 7.31. The molecule has 1 aromatic heterocycles. The molecule has 168 valence electrons. The molecule has 0 bridgehead atoms. The first kappa shape index (κ1) is 22.1. The van der Waals surface area contributed by atoms with Gasteiger partial charge in [-0.3, -0.25) is 4.79 Å². The SMILES string of the molecule is CCOc1ccc(-c2cc(C(=O)N(Cc3ccc(C)cc3)C3CCS(=O)(=O)C3)no2)cc1. The van der Waals surface area contributed by atoms with Crippen LogP contribution in [0.1, 0.15) is 35.0 Å². The van der Waals surface area contributed by atoms with Crippen LogP contribution < -0.4 is 4.74 Å². The molecule has 1 amide bonds. The van der Waals surface area contributed by atoms with Crippen molar-refractivity contribution in [3.05, 3.63) is 71.4 Å². The van der Waals surface area contributed by atoms with Crippen LogP contribution in [0, 0.1) is 6.92 Å². The summed E-state index contributed by atoms with van der Waals surface area (Å²) in [5, 5.41) is 3.99. The van der Waals surface area contributed by atoms with Crippen LogP contribution in [0.2, 0.25) is 0 Å². The molecule has 0 aliphatic carbocycles. The summed E-state index contributed by atoms with van der Waals surface area (Å²) < 4.78 is 35.1. The molecule has 1 aliphatic rings. The summed E-state index contributed by atoms with van der Waals surface area (Å²) in [6, 6.07) is 16.4. The van der Waals surface area contributed by atoms with E-state index in [9.17, 15) is 13.2 Å². The second kappa shape index (κ2) is 9.16. The lowest BCUT2D eigenvalue weighted by atomic mass is 10.1. The fourth-order valence-electron chi connectivity index (χ4n) is 3.82. The van der Waals surface area contributed by atoms with Gasteiger partial charge in [-0.25, -0.2) is 8.42 Å². The minimum absolute atomic E-state index is 0.0335. The number of nitrogens with zero attached hydrogens (tertiary/aromatic N) is 2. The van der Waals surface area contributed by atoms with Gasteiger partial charge in [0.2, 0.25) is 0 Å². The van der Waals surface area contributed by atoms with Gasteiger partial charge in [-0.1, -0.05) is 35.0 Å². The first-order valence-corrected chi connectivity index (χ1v) is 12.4. The van der Waals surface area contributed by atoms with Gasteiger partial charge in [-0.15, -0.1) is 0 Å². The van der Waals surface area contributed by atoms with Crippen LogP contribution in [0.15, 0.2) is 59.1 Å². The Kier molecular flexibility index (Phi) is 6.32. The zero-order valence-electron chi connectivity index (χ0n) is 18.2. The molecule has 1 aliphatic heterocycles. The molecule has 2 aromatic carbocycles. The van der Waals surface area contributed by atoms with Crippen molar-refractivity contribution in [1.29, 1.82) is 0 Å². The summed E-state index contributed by atoms with van der Waals surface area (Å²) in [5.41, 5.74) is 2.98. The molecular formula is C24H26N2O5S. The van der Waals surface area contributed by atoms with Crippen molar-refractivity contribution >= 4 is 15.7 Å². The van der Waals surface area contributed by atoms with E-state index < -0.39 is 9.84 Å². The molecule has 4 rings (SSSR count). The third kappa shape index (κ3) is 5.02. The summed E-state index contributed by atoms with van der Waals surface area (Å²) in [5.74, 6) is 0.929. The summed E-state index contributed by atoms with van der Waals surface area (Å²) in [4.78, 5) is 15.0. The van der Waals surface area contributed by atoms with Crippen LogP contribution in [-0.4, -0.2) is 48.5 Å². The van der Waals surface area contributed by atoms with Gasteiger partial charge in [0, 0.05) is 24.2 Å². The van der Waals surface area contributed by atoms with Crippen LogP contribution in [0.25, 0.3) is 11.3 Å². The summed E-state index contributed by atoms with van der Waals surface area (Å²) in [7, 11) is -3.15. The molecule has 0 spiro atoms. The average molecular weight is 455 g/mol. The number of aryl methyl sites for hydroxylation is 1. The number of amides is 1. The Bertz CT molecular complexity index is 1180. The maximum atomic E-state index is 13.4. The number of carbonyl (C=O) groups excluding carboxylic acids is 1. The molecule has 2 heterocycles. The average Bonchev–Trinajstić information content (AvgIpc) is 3.40. The number of carbonyl (C=O) groups is 1. The van der Waals surface area contributed by atoms with E-state index in [2.05, 4.69) is 5.16 Å². The normalized spacial score (nSPS) is 17.2. The highest BCUT2D eigenvalue weighted by molar-refractivity contribution is 7.91. The molecule has 8 heteroatoms. The van der Waals surface area contributed by atoms with E-state index in [4.69, 9.17) is 9.26 Å². The molecule has 1 unspecified atom stereocenters. The first-order valence-electron chi connectivity index (χ1n) is 10.6.